The molecule has 0 bridgehead atoms. The van der Waals surface area contributed by atoms with Gasteiger partial charge in [-0.15, -0.1) is 0 Å². The van der Waals surface area contributed by atoms with Gasteiger partial charge < -0.3 is 4.98 Å². The van der Waals surface area contributed by atoms with Crippen LogP contribution in [0.2, 0.25) is 0 Å². The Morgan fingerprint density at radius 1 is 0.812 bits per heavy atom. The maximum Gasteiger partial charge on any atom is 0.0213 e. The van der Waals surface area contributed by atoms with E-state index in [0.29, 0.717) is 17.8 Å². The predicted octanol–water partition coefficient (Wildman–Crippen LogP) is 4.95. The third-order valence-corrected chi connectivity index (χ3v) is 3.28. The molecule has 0 atom stereocenters. The van der Waals surface area contributed by atoms with Crippen LogP contribution in [0.3, 0.4) is 0 Å². The average Bonchev–Trinajstić information content (AvgIpc) is 2.56. The highest BCUT2D eigenvalue weighted by Crippen LogP contribution is 2.35. The van der Waals surface area contributed by atoms with Crippen molar-refractivity contribution in [2.75, 3.05) is 0 Å². The van der Waals surface area contributed by atoms with Gasteiger partial charge in [0.25, 0.3) is 0 Å². The highest BCUT2D eigenvalue weighted by molar-refractivity contribution is 5.42. The van der Waals surface area contributed by atoms with Crippen molar-refractivity contribution in [2.24, 2.45) is 0 Å². The quantitative estimate of drug-likeness (QED) is 0.740. The van der Waals surface area contributed by atoms with Crippen molar-refractivity contribution in [3.63, 3.8) is 0 Å². The molecule has 0 radical (unpaired) electrons. The van der Waals surface area contributed by atoms with E-state index < -0.39 is 0 Å². The lowest BCUT2D eigenvalue weighted by Crippen LogP contribution is -2.00. The van der Waals surface area contributed by atoms with Gasteiger partial charge in [-0.1, -0.05) is 48.5 Å². The Bertz CT molecular complexity index is 343. The summed E-state index contributed by atoms with van der Waals surface area (Å²) in [5.41, 5.74) is 6.04. The highest BCUT2D eigenvalue weighted by atomic mass is 14.8. The van der Waals surface area contributed by atoms with Crippen LogP contribution in [0.25, 0.3) is 0 Å². The number of nitrogens with one attached hydrogen (secondary N) is 1. The van der Waals surface area contributed by atoms with Crippen molar-refractivity contribution in [1.82, 2.24) is 4.98 Å². The minimum atomic E-state index is 0.593. The summed E-state index contributed by atoms with van der Waals surface area (Å²) in [5.74, 6) is 1.83. The van der Waals surface area contributed by atoms with E-state index in [4.69, 9.17) is 0 Å². The molecule has 0 fully saturated rings. The first-order valence-corrected chi connectivity index (χ1v) is 6.64. The van der Waals surface area contributed by atoms with Crippen molar-refractivity contribution in [3.05, 3.63) is 22.5 Å². The molecule has 0 spiro atoms. The number of aromatic amines is 1. The molecule has 0 saturated heterocycles. The van der Waals surface area contributed by atoms with Gasteiger partial charge in [0.05, 0.1) is 0 Å². The predicted molar refractivity (Wildman–Crippen MR) is 72.4 cm³/mol. The van der Waals surface area contributed by atoms with Gasteiger partial charge in [-0.2, -0.15) is 0 Å². The van der Waals surface area contributed by atoms with Gasteiger partial charge in [0.2, 0.25) is 0 Å². The summed E-state index contributed by atoms with van der Waals surface area (Å²) in [7, 11) is 0. The Morgan fingerprint density at radius 3 is 1.62 bits per heavy atom. The summed E-state index contributed by atoms with van der Waals surface area (Å²) in [6, 6.07) is 0. The third-order valence-electron chi connectivity index (χ3n) is 3.28. The van der Waals surface area contributed by atoms with E-state index in [1.807, 2.05) is 0 Å². The van der Waals surface area contributed by atoms with Gasteiger partial charge in [-0.25, -0.2) is 0 Å². The van der Waals surface area contributed by atoms with Crippen molar-refractivity contribution < 1.29 is 0 Å². The molecule has 1 rings (SSSR count). The summed E-state index contributed by atoms with van der Waals surface area (Å²) < 4.78 is 0. The molecule has 1 aromatic heterocycles. The summed E-state index contributed by atoms with van der Waals surface area (Å²) in [5, 5.41) is 0. The molecule has 1 N–H and O–H groups in total. The van der Waals surface area contributed by atoms with Gasteiger partial charge in [0.1, 0.15) is 0 Å². The Hall–Kier alpha value is -0.720. The molecule has 0 aliphatic heterocycles. The molecular weight excluding hydrogens is 194 g/mol. The molecule has 0 aliphatic rings. The van der Waals surface area contributed by atoms with Crippen molar-refractivity contribution in [2.45, 2.75) is 72.6 Å². The van der Waals surface area contributed by atoms with Crippen molar-refractivity contribution in [1.29, 1.82) is 0 Å². The minimum Gasteiger partial charge on any atom is -0.362 e. The second kappa shape index (κ2) is 5.07. The molecule has 0 aromatic carbocycles. The van der Waals surface area contributed by atoms with Gasteiger partial charge in [0.15, 0.2) is 0 Å². The van der Waals surface area contributed by atoms with Gasteiger partial charge in [-0.05, 0) is 35.3 Å². The molecule has 0 unspecified atom stereocenters. The Balaban J connectivity index is 3.42. The Kier molecular flexibility index (Phi) is 4.23. The van der Waals surface area contributed by atoms with Crippen molar-refractivity contribution in [3.8, 4) is 0 Å². The second-order valence-corrected chi connectivity index (χ2v) is 5.66. The second-order valence-electron chi connectivity index (χ2n) is 5.66. The monoisotopic (exact) mass is 221 g/mol. The zero-order chi connectivity index (χ0) is 12.5. The molecule has 0 saturated carbocycles. The maximum absolute atomic E-state index is 3.66. The van der Waals surface area contributed by atoms with E-state index in [2.05, 4.69) is 53.5 Å². The van der Waals surface area contributed by atoms with Crippen LogP contribution in [0.15, 0.2) is 0 Å². The first-order chi connectivity index (χ1) is 7.40. The van der Waals surface area contributed by atoms with E-state index in [-0.39, 0.29) is 0 Å². The van der Waals surface area contributed by atoms with E-state index in [0.717, 1.165) is 6.42 Å². The van der Waals surface area contributed by atoms with Gasteiger partial charge >= 0.3 is 0 Å². The first-order valence-electron chi connectivity index (χ1n) is 6.64. The lowest BCUT2D eigenvalue weighted by atomic mass is 9.88. The largest absolute Gasteiger partial charge is 0.362 e. The SMILES string of the molecule is CCc1[nH]c(C(C)C)c(C(C)C)c1C(C)C. The number of rotatable bonds is 4. The smallest absolute Gasteiger partial charge is 0.0213 e. The Morgan fingerprint density at radius 2 is 1.31 bits per heavy atom. The normalized spacial score (nSPS) is 12.1. The summed E-state index contributed by atoms with van der Waals surface area (Å²) in [4.78, 5) is 3.66. The van der Waals surface area contributed by atoms with E-state index in [1.165, 1.54) is 11.4 Å². The van der Waals surface area contributed by atoms with Gasteiger partial charge in [-0.3, -0.25) is 0 Å². The topological polar surface area (TPSA) is 15.8 Å². The zero-order valence-corrected chi connectivity index (χ0v) is 11.9. The fraction of sp³-hybridized carbons (Fsp3) is 0.733. The molecule has 1 nitrogen and oxygen atoms in total. The van der Waals surface area contributed by atoms with E-state index in [1.54, 1.807) is 11.1 Å². The minimum absolute atomic E-state index is 0.593. The van der Waals surface area contributed by atoms with Crippen LogP contribution in [-0.2, 0) is 6.42 Å². The molecular formula is C15H27N. The molecule has 1 heterocycles. The molecule has 1 heteroatoms. The van der Waals surface area contributed by atoms with Crippen LogP contribution in [0.5, 0.6) is 0 Å². The summed E-state index contributed by atoms with van der Waals surface area (Å²) >= 11 is 0. The number of H-pyrrole nitrogens is 1. The van der Waals surface area contributed by atoms with Crippen LogP contribution in [0, 0.1) is 0 Å². The lowest BCUT2D eigenvalue weighted by Gasteiger charge is -2.15. The van der Waals surface area contributed by atoms with Crippen LogP contribution in [-0.4, -0.2) is 4.98 Å². The van der Waals surface area contributed by atoms with Crippen LogP contribution >= 0.6 is 0 Å². The number of aryl methyl sites for hydroxylation is 1. The fourth-order valence-corrected chi connectivity index (χ4v) is 2.62. The fourth-order valence-electron chi connectivity index (χ4n) is 2.62. The number of hydrogen-bond donors (Lipinski definition) is 1. The van der Waals surface area contributed by atoms with Gasteiger partial charge in [0, 0.05) is 11.4 Å². The van der Waals surface area contributed by atoms with Crippen LogP contribution in [0.1, 0.15) is 88.7 Å². The third kappa shape index (κ3) is 2.34. The standard InChI is InChI=1S/C15H27N/c1-8-12-13(9(2)3)14(10(4)5)15(16-12)11(6)7/h9-11,16H,8H2,1-7H3. The van der Waals surface area contributed by atoms with E-state index in [9.17, 15) is 0 Å². The summed E-state index contributed by atoms with van der Waals surface area (Å²) in [6.45, 7) is 16.0. The zero-order valence-electron chi connectivity index (χ0n) is 11.9. The van der Waals surface area contributed by atoms with Crippen LogP contribution in [0.4, 0.5) is 0 Å². The molecule has 1 aromatic rings. The number of aromatic nitrogens is 1. The Labute approximate surface area is 101 Å². The molecule has 16 heavy (non-hydrogen) atoms. The summed E-state index contributed by atoms with van der Waals surface area (Å²) in [6.07, 6.45) is 1.11. The lowest BCUT2D eigenvalue weighted by molar-refractivity contribution is 0.753. The van der Waals surface area contributed by atoms with E-state index >= 15 is 0 Å². The van der Waals surface area contributed by atoms with Crippen LogP contribution < -0.4 is 0 Å². The van der Waals surface area contributed by atoms with Crippen molar-refractivity contribution >= 4 is 0 Å². The average molecular weight is 221 g/mol. The highest BCUT2D eigenvalue weighted by Gasteiger charge is 2.22. The molecule has 0 aliphatic carbocycles. The number of hydrogen-bond acceptors (Lipinski definition) is 0. The maximum atomic E-state index is 3.66. The molecule has 0 amide bonds. The first kappa shape index (κ1) is 13.3. The molecule has 92 valence electrons.